The van der Waals surface area contributed by atoms with Crippen LogP contribution in [0.15, 0.2) is 18.2 Å². The summed E-state index contributed by atoms with van der Waals surface area (Å²) in [5.41, 5.74) is 1.02. The Morgan fingerprint density at radius 1 is 1.41 bits per heavy atom. The van der Waals surface area contributed by atoms with Crippen molar-refractivity contribution in [2.75, 3.05) is 0 Å². The van der Waals surface area contributed by atoms with Crippen molar-refractivity contribution in [3.8, 4) is 5.75 Å². The van der Waals surface area contributed by atoms with E-state index in [9.17, 15) is 4.39 Å². The average molecular weight is 299 g/mol. The lowest BCUT2D eigenvalue weighted by Gasteiger charge is -2.13. The highest BCUT2D eigenvalue weighted by Gasteiger charge is 2.31. The number of hydrogen-bond donors (Lipinski definition) is 0. The lowest BCUT2D eigenvalue weighted by atomic mass is 10.0. The molecule has 17 heavy (non-hydrogen) atoms. The number of hydrogen-bond acceptors (Lipinski definition) is 1. The summed E-state index contributed by atoms with van der Waals surface area (Å²) in [5, 5.41) is 0. The van der Waals surface area contributed by atoms with Crippen molar-refractivity contribution in [3.05, 3.63) is 29.6 Å². The first-order chi connectivity index (χ1) is 8.22. The first kappa shape index (κ1) is 11.5. The molecule has 1 saturated carbocycles. The summed E-state index contributed by atoms with van der Waals surface area (Å²) in [5.74, 6) is 1.59. The van der Waals surface area contributed by atoms with Crippen molar-refractivity contribution in [1.29, 1.82) is 0 Å². The van der Waals surface area contributed by atoms with Crippen LogP contribution in [-0.4, -0.2) is 10.9 Å². The van der Waals surface area contributed by atoms with Gasteiger partial charge in [-0.15, -0.1) is 0 Å². The Labute approximate surface area is 109 Å². The van der Waals surface area contributed by atoms with Crippen LogP contribution in [0.25, 0.3) is 0 Å². The molecule has 1 heterocycles. The van der Waals surface area contributed by atoms with Crippen molar-refractivity contribution < 1.29 is 9.13 Å². The Morgan fingerprint density at radius 3 is 3.00 bits per heavy atom. The Kier molecular flexibility index (Phi) is 3.12. The number of rotatable bonds is 4. The summed E-state index contributed by atoms with van der Waals surface area (Å²) >= 11 is 3.74. The summed E-state index contributed by atoms with van der Waals surface area (Å²) in [6.45, 7) is 0. The van der Waals surface area contributed by atoms with Crippen molar-refractivity contribution in [1.82, 2.24) is 0 Å². The van der Waals surface area contributed by atoms with Gasteiger partial charge in [0, 0.05) is 16.8 Å². The van der Waals surface area contributed by atoms with E-state index < -0.39 is 0 Å². The van der Waals surface area contributed by atoms with E-state index in [1.165, 1.54) is 18.9 Å². The SMILES string of the molecule is Fc1ccc2c(c1)CC(CCC(Br)C1CC1)O2. The highest BCUT2D eigenvalue weighted by Crippen LogP contribution is 2.40. The van der Waals surface area contributed by atoms with E-state index in [2.05, 4.69) is 15.9 Å². The molecule has 0 radical (unpaired) electrons. The molecular weight excluding hydrogens is 283 g/mol. The van der Waals surface area contributed by atoms with Gasteiger partial charge in [-0.05, 0) is 49.8 Å². The number of alkyl halides is 1. The Bertz CT molecular complexity index is 417. The van der Waals surface area contributed by atoms with Gasteiger partial charge in [0.15, 0.2) is 0 Å². The fourth-order valence-electron chi connectivity index (χ4n) is 2.49. The molecular formula is C14H16BrFO. The van der Waals surface area contributed by atoms with E-state index in [1.807, 2.05) is 0 Å². The maximum absolute atomic E-state index is 13.1. The van der Waals surface area contributed by atoms with E-state index in [0.29, 0.717) is 4.83 Å². The Morgan fingerprint density at radius 2 is 2.24 bits per heavy atom. The highest BCUT2D eigenvalue weighted by atomic mass is 79.9. The normalized spacial score (nSPS) is 24.2. The fourth-order valence-corrected chi connectivity index (χ4v) is 3.28. The molecule has 3 heteroatoms. The molecule has 1 aromatic carbocycles. The average Bonchev–Trinajstić information content (AvgIpc) is 3.07. The molecule has 0 spiro atoms. The molecule has 1 nitrogen and oxygen atoms in total. The smallest absolute Gasteiger partial charge is 0.123 e. The largest absolute Gasteiger partial charge is 0.490 e. The van der Waals surface area contributed by atoms with Gasteiger partial charge in [0.2, 0.25) is 0 Å². The van der Waals surface area contributed by atoms with Gasteiger partial charge in [0.1, 0.15) is 17.7 Å². The van der Waals surface area contributed by atoms with Gasteiger partial charge in [-0.1, -0.05) is 15.9 Å². The molecule has 1 aromatic rings. The standard InChI is InChI=1S/C14H16BrFO/c15-13(9-1-2-9)5-4-12-8-10-7-11(16)3-6-14(10)17-12/h3,6-7,9,12-13H,1-2,4-5,8H2. The van der Waals surface area contributed by atoms with Crippen LogP contribution in [0.5, 0.6) is 5.75 Å². The predicted octanol–water partition coefficient (Wildman–Crippen LogP) is 4.08. The maximum atomic E-state index is 13.1. The molecule has 3 rings (SSSR count). The monoisotopic (exact) mass is 298 g/mol. The number of benzene rings is 1. The molecule has 1 aliphatic heterocycles. The minimum absolute atomic E-state index is 0.163. The molecule has 0 saturated heterocycles. The van der Waals surface area contributed by atoms with E-state index in [-0.39, 0.29) is 11.9 Å². The van der Waals surface area contributed by atoms with Crippen LogP contribution in [0.4, 0.5) is 4.39 Å². The van der Waals surface area contributed by atoms with Crippen LogP contribution in [0.1, 0.15) is 31.2 Å². The minimum atomic E-state index is -0.163. The van der Waals surface area contributed by atoms with Crippen molar-refractivity contribution in [2.45, 2.75) is 43.0 Å². The number of ether oxygens (including phenoxy) is 1. The van der Waals surface area contributed by atoms with Crippen LogP contribution in [-0.2, 0) is 6.42 Å². The lowest BCUT2D eigenvalue weighted by molar-refractivity contribution is 0.217. The molecule has 0 bridgehead atoms. The van der Waals surface area contributed by atoms with E-state index in [1.54, 1.807) is 12.1 Å². The summed E-state index contributed by atoms with van der Waals surface area (Å²) in [6.07, 6.45) is 6.05. The lowest BCUT2D eigenvalue weighted by Crippen LogP contribution is -2.15. The first-order valence-electron chi connectivity index (χ1n) is 6.31. The summed E-state index contributed by atoms with van der Waals surface area (Å²) in [7, 11) is 0. The van der Waals surface area contributed by atoms with E-state index >= 15 is 0 Å². The second-order valence-corrected chi connectivity index (χ2v) is 6.30. The summed E-state index contributed by atoms with van der Waals surface area (Å²) in [4.78, 5) is 0.645. The predicted molar refractivity (Wildman–Crippen MR) is 69.2 cm³/mol. The summed E-state index contributed by atoms with van der Waals surface area (Å²) < 4.78 is 18.9. The van der Waals surface area contributed by atoms with Crippen LogP contribution < -0.4 is 4.74 Å². The molecule has 2 aliphatic rings. The second-order valence-electron chi connectivity index (χ2n) is 5.13. The van der Waals surface area contributed by atoms with Gasteiger partial charge in [-0.3, -0.25) is 0 Å². The van der Waals surface area contributed by atoms with Crippen molar-refractivity contribution in [3.63, 3.8) is 0 Å². The zero-order valence-corrected chi connectivity index (χ0v) is 11.2. The molecule has 0 aromatic heterocycles. The molecule has 2 unspecified atom stereocenters. The van der Waals surface area contributed by atoms with Gasteiger partial charge in [0.05, 0.1) is 0 Å². The fraction of sp³-hybridized carbons (Fsp3) is 0.571. The van der Waals surface area contributed by atoms with E-state index in [0.717, 1.165) is 36.5 Å². The third kappa shape index (κ3) is 2.65. The molecule has 2 atom stereocenters. The molecule has 1 fully saturated rings. The van der Waals surface area contributed by atoms with Gasteiger partial charge in [-0.2, -0.15) is 0 Å². The van der Waals surface area contributed by atoms with Crippen molar-refractivity contribution in [2.24, 2.45) is 5.92 Å². The Hall–Kier alpha value is -0.570. The maximum Gasteiger partial charge on any atom is 0.123 e. The molecule has 92 valence electrons. The quantitative estimate of drug-likeness (QED) is 0.761. The Balaban J connectivity index is 1.54. The summed E-state index contributed by atoms with van der Waals surface area (Å²) in [6, 6.07) is 4.82. The van der Waals surface area contributed by atoms with Crippen LogP contribution in [0, 0.1) is 11.7 Å². The van der Waals surface area contributed by atoms with Crippen LogP contribution in [0.3, 0.4) is 0 Å². The number of halogens is 2. The van der Waals surface area contributed by atoms with Crippen LogP contribution >= 0.6 is 15.9 Å². The molecule has 0 N–H and O–H groups in total. The molecule has 0 amide bonds. The van der Waals surface area contributed by atoms with Crippen LogP contribution in [0.2, 0.25) is 0 Å². The zero-order valence-electron chi connectivity index (χ0n) is 9.66. The van der Waals surface area contributed by atoms with Gasteiger partial charge < -0.3 is 4.74 Å². The van der Waals surface area contributed by atoms with Gasteiger partial charge in [0.25, 0.3) is 0 Å². The topological polar surface area (TPSA) is 9.23 Å². The number of fused-ring (bicyclic) bond motifs is 1. The third-order valence-electron chi connectivity index (χ3n) is 3.66. The zero-order chi connectivity index (χ0) is 11.8. The second kappa shape index (κ2) is 4.60. The molecule has 1 aliphatic carbocycles. The third-order valence-corrected chi connectivity index (χ3v) is 4.87. The van der Waals surface area contributed by atoms with Gasteiger partial charge in [-0.25, -0.2) is 4.39 Å². The van der Waals surface area contributed by atoms with E-state index in [4.69, 9.17) is 4.74 Å². The first-order valence-corrected chi connectivity index (χ1v) is 7.23. The highest BCUT2D eigenvalue weighted by molar-refractivity contribution is 9.09. The van der Waals surface area contributed by atoms with Gasteiger partial charge >= 0.3 is 0 Å². The minimum Gasteiger partial charge on any atom is -0.490 e. The van der Waals surface area contributed by atoms with Crippen molar-refractivity contribution >= 4 is 15.9 Å².